The fourth-order valence-corrected chi connectivity index (χ4v) is 3.85. The highest BCUT2D eigenvalue weighted by Gasteiger charge is 2.28. The summed E-state index contributed by atoms with van der Waals surface area (Å²) in [5.41, 5.74) is 10.7. The number of nitrogen functional groups attached to an aromatic ring is 1. The Bertz CT molecular complexity index is 1420. The van der Waals surface area contributed by atoms with E-state index < -0.39 is 5.82 Å². The number of halogens is 1. The zero-order valence-electron chi connectivity index (χ0n) is 16.8. The van der Waals surface area contributed by atoms with E-state index in [2.05, 4.69) is 26.8 Å². The van der Waals surface area contributed by atoms with Gasteiger partial charge in [-0.25, -0.2) is 19.0 Å². The van der Waals surface area contributed by atoms with Crippen LogP contribution in [0.4, 0.5) is 10.3 Å². The first kappa shape index (κ1) is 19.4. The van der Waals surface area contributed by atoms with Crippen molar-refractivity contribution in [1.29, 1.82) is 5.26 Å². The van der Waals surface area contributed by atoms with Crippen LogP contribution in [0.3, 0.4) is 0 Å². The highest BCUT2D eigenvalue weighted by atomic mass is 19.1. The summed E-state index contributed by atoms with van der Waals surface area (Å²) in [5, 5.41) is 13.9. The van der Waals surface area contributed by atoms with Crippen LogP contribution in [-0.2, 0) is 6.42 Å². The van der Waals surface area contributed by atoms with Crippen molar-refractivity contribution in [1.82, 2.24) is 24.7 Å². The largest absolute Gasteiger partial charge is 0.368 e. The van der Waals surface area contributed by atoms with Gasteiger partial charge in [0, 0.05) is 36.3 Å². The van der Waals surface area contributed by atoms with Crippen molar-refractivity contribution in [2.75, 3.05) is 5.73 Å². The number of nitriles is 1. The topological polar surface area (TPSA) is 106 Å². The Morgan fingerprint density at radius 1 is 1.00 bits per heavy atom. The number of aryl methyl sites for hydroxylation is 1. The summed E-state index contributed by atoms with van der Waals surface area (Å²) in [7, 11) is 0. The second kappa shape index (κ2) is 7.93. The number of aromatic nitrogens is 5. The Balaban J connectivity index is 1.44. The first-order valence-corrected chi connectivity index (χ1v) is 9.93. The molecule has 4 aromatic rings. The molecule has 1 unspecified atom stereocenters. The van der Waals surface area contributed by atoms with Crippen LogP contribution in [0.2, 0.25) is 0 Å². The molecule has 0 radical (unpaired) electrons. The molecule has 3 aromatic heterocycles. The Morgan fingerprint density at radius 2 is 1.81 bits per heavy atom. The van der Waals surface area contributed by atoms with E-state index in [1.807, 2.05) is 18.3 Å². The SMILES string of the molecule is N#Cc1cc(F)cc(C2CCc3cn(-c4cncc(C#Cc5cnc(N)nc5)c4)nc32)c1. The number of nitrogens with zero attached hydrogens (tertiary/aromatic N) is 6. The van der Waals surface area contributed by atoms with Gasteiger partial charge in [-0.15, -0.1) is 0 Å². The monoisotopic (exact) mass is 421 g/mol. The van der Waals surface area contributed by atoms with Gasteiger partial charge in [0.25, 0.3) is 0 Å². The number of hydrogen-bond donors (Lipinski definition) is 1. The second-order valence-corrected chi connectivity index (χ2v) is 7.47. The molecule has 7 nitrogen and oxygen atoms in total. The van der Waals surface area contributed by atoms with Crippen molar-refractivity contribution in [3.05, 3.63) is 94.6 Å². The van der Waals surface area contributed by atoms with Crippen LogP contribution in [0.1, 0.15) is 45.8 Å². The molecule has 0 aliphatic heterocycles. The van der Waals surface area contributed by atoms with Crippen molar-refractivity contribution in [2.24, 2.45) is 0 Å². The lowest BCUT2D eigenvalue weighted by atomic mass is 9.95. The van der Waals surface area contributed by atoms with Crippen LogP contribution >= 0.6 is 0 Å². The molecular formula is C24H16FN7. The third-order valence-corrected chi connectivity index (χ3v) is 5.32. The van der Waals surface area contributed by atoms with E-state index in [-0.39, 0.29) is 11.9 Å². The first-order valence-electron chi connectivity index (χ1n) is 9.93. The molecule has 3 heterocycles. The van der Waals surface area contributed by atoms with Gasteiger partial charge in [-0.2, -0.15) is 10.4 Å². The maximum absolute atomic E-state index is 14.0. The standard InChI is InChI=1S/C24H16FN7/c25-20-6-17(9-26)5-19(8-20)22-4-3-18-14-32(31-23(18)22)21-7-15(10-28-13-21)1-2-16-11-29-24(27)30-12-16/h5-8,10-14,22H,3-4H2,(H2,27,29,30). The summed E-state index contributed by atoms with van der Waals surface area (Å²) >= 11 is 0. The lowest BCUT2D eigenvalue weighted by molar-refractivity contribution is 0.620. The zero-order valence-corrected chi connectivity index (χ0v) is 16.8. The number of pyridine rings is 1. The maximum Gasteiger partial charge on any atom is 0.219 e. The van der Waals surface area contributed by atoms with E-state index in [0.29, 0.717) is 11.1 Å². The van der Waals surface area contributed by atoms with Crippen molar-refractivity contribution >= 4 is 5.95 Å². The molecule has 8 heteroatoms. The summed E-state index contributed by atoms with van der Waals surface area (Å²) in [6.07, 6.45) is 10.2. The fourth-order valence-electron chi connectivity index (χ4n) is 3.85. The molecule has 154 valence electrons. The average molecular weight is 421 g/mol. The highest BCUT2D eigenvalue weighted by molar-refractivity contribution is 5.46. The predicted molar refractivity (Wildman–Crippen MR) is 115 cm³/mol. The van der Waals surface area contributed by atoms with Gasteiger partial charge in [-0.05, 0) is 48.2 Å². The van der Waals surface area contributed by atoms with Gasteiger partial charge in [0.05, 0.1) is 34.8 Å². The predicted octanol–water partition coefficient (Wildman–Crippen LogP) is 3.13. The summed E-state index contributed by atoms with van der Waals surface area (Å²) in [5.74, 6) is 5.78. The third-order valence-electron chi connectivity index (χ3n) is 5.32. The van der Waals surface area contributed by atoms with Crippen LogP contribution in [-0.4, -0.2) is 24.7 Å². The normalized spacial score (nSPS) is 14.3. The van der Waals surface area contributed by atoms with Gasteiger partial charge in [0.1, 0.15) is 5.82 Å². The van der Waals surface area contributed by atoms with Gasteiger partial charge < -0.3 is 5.73 Å². The molecule has 1 aliphatic carbocycles. The third kappa shape index (κ3) is 3.78. The lowest BCUT2D eigenvalue weighted by Crippen LogP contribution is -2.03. The zero-order chi connectivity index (χ0) is 22.1. The fraction of sp³-hybridized carbons (Fsp3) is 0.125. The van der Waals surface area contributed by atoms with Crippen molar-refractivity contribution in [3.63, 3.8) is 0 Å². The number of benzene rings is 1. The van der Waals surface area contributed by atoms with Crippen molar-refractivity contribution in [3.8, 4) is 23.6 Å². The molecule has 0 bridgehead atoms. The molecule has 0 spiro atoms. The minimum Gasteiger partial charge on any atom is -0.368 e. The Kier molecular flexibility index (Phi) is 4.81. The highest BCUT2D eigenvalue weighted by Crippen LogP contribution is 2.38. The molecule has 2 N–H and O–H groups in total. The number of rotatable bonds is 2. The lowest BCUT2D eigenvalue weighted by Gasteiger charge is -2.11. The number of nitrogens with two attached hydrogens (primary N) is 1. The van der Waals surface area contributed by atoms with Gasteiger partial charge in [0.2, 0.25) is 5.95 Å². The molecule has 0 saturated carbocycles. The Labute approximate surface area is 183 Å². The Hall–Kier alpha value is -4.56. The summed E-state index contributed by atoms with van der Waals surface area (Å²) in [6, 6.07) is 8.38. The minimum absolute atomic E-state index is 0.0458. The van der Waals surface area contributed by atoms with E-state index >= 15 is 0 Å². The van der Waals surface area contributed by atoms with Crippen LogP contribution in [0.5, 0.6) is 0 Å². The molecule has 1 aliphatic rings. The molecule has 1 atom stereocenters. The summed E-state index contributed by atoms with van der Waals surface area (Å²) < 4.78 is 15.7. The molecule has 5 rings (SSSR count). The second-order valence-electron chi connectivity index (χ2n) is 7.47. The van der Waals surface area contributed by atoms with Crippen molar-refractivity contribution in [2.45, 2.75) is 18.8 Å². The van der Waals surface area contributed by atoms with Crippen LogP contribution in [0, 0.1) is 29.0 Å². The van der Waals surface area contributed by atoms with Crippen molar-refractivity contribution < 1.29 is 4.39 Å². The van der Waals surface area contributed by atoms with E-state index in [1.54, 1.807) is 35.5 Å². The molecule has 0 amide bonds. The van der Waals surface area contributed by atoms with Crippen LogP contribution in [0.25, 0.3) is 5.69 Å². The molecule has 0 fully saturated rings. The van der Waals surface area contributed by atoms with Gasteiger partial charge in [0.15, 0.2) is 0 Å². The molecular weight excluding hydrogens is 405 g/mol. The van der Waals surface area contributed by atoms with Gasteiger partial charge >= 0.3 is 0 Å². The minimum atomic E-state index is -0.408. The Morgan fingerprint density at radius 3 is 2.62 bits per heavy atom. The smallest absolute Gasteiger partial charge is 0.219 e. The number of hydrogen-bond acceptors (Lipinski definition) is 6. The first-order chi connectivity index (χ1) is 15.6. The van der Waals surface area contributed by atoms with E-state index in [0.717, 1.165) is 40.9 Å². The van der Waals surface area contributed by atoms with E-state index in [4.69, 9.17) is 16.1 Å². The number of anilines is 1. The van der Waals surface area contributed by atoms with E-state index in [1.165, 1.54) is 12.1 Å². The van der Waals surface area contributed by atoms with Crippen LogP contribution < -0.4 is 5.73 Å². The molecule has 32 heavy (non-hydrogen) atoms. The van der Waals surface area contributed by atoms with Gasteiger partial charge in [-0.3, -0.25) is 4.98 Å². The quantitative estimate of drug-likeness (QED) is 0.499. The average Bonchev–Trinajstić information content (AvgIpc) is 3.39. The van der Waals surface area contributed by atoms with Crippen LogP contribution in [0.15, 0.2) is 55.2 Å². The maximum atomic E-state index is 14.0. The summed E-state index contributed by atoms with van der Waals surface area (Å²) in [4.78, 5) is 12.1. The number of fused-ring (bicyclic) bond motifs is 1. The summed E-state index contributed by atoms with van der Waals surface area (Å²) in [6.45, 7) is 0. The molecule has 1 aromatic carbocycles. The molecule has 0 saturated heterocycles. The van der Waals surface area contributed by atoms with E-state index in [9.17, 15) is 4.39 Å². The van der Waals surface area contributed by atoms with Gasteiger partial charge in [-0.1, -0.05) is 11.8 Å².